The summed E-state index contributed by atoms with van der Waals surface area (Å²) in [5.74, 6) is -0.973. The van der Waals surface area contributed by atoms with Crippen LogP contribution >= 0.6 is 0 Å². The van der Waals surface area contributed by atoms with E-state index in [0.29, 0.717) is 5.56 Å². The predicted octanol–water partition coefficient (Wildman–Crippen LogP) is 2.40. The molecular formula is C20H19N3O7S. The molecule has 0 saturated carbocycles. The van der Waals surface area contributed by atoms with Gasteiger partial charge in [-0.05, 0) is 24.6 Å². The summed E-state index contributed by atoms with van der Waals surface area (Å²) < 4.78 is 43.1. The molecular weight excluding hydrogens is 426 g/mol. The first kappa shape index (κ1) is 20.7. The smallest absolute Gasteiger partial charge is 0.445 e. The van der Waals surface area contributed by atoms with Gasteiger partial charge in [0.05, 0.1) is 18.2 Å². The highest BCUT2D eigenvalue weighted by molar-refractivity contribution is 8.06. The first-order valence-corrected chi connectivity index (χ1v) is 10.8. The Morgan fingerprint density at radius 1 is 1.23 bits per heavy atom. The Morgan fingerprint density at radius 2 is 1.94 bits per heavy atom. The van der Waals surface area contributed by atoms with E-state index in [-0.39, 0.29) is 30.5 Å². The molecule has 1 aromatic heterocycles. The minimum absolute atomic E-state index is 0.0679. The number of aromatic amines is 1. The maximum atomic E-state index is 13.1. The summed E-state index contributed by atoms with van der Waals surface area (Å²) in [7, 11) is -4.52. The molecule has 0 radical (unpaired) electrons. The number of hydrogen-bond donors (Lipinski definition) is 1. The van der Waals surface area contributed by atoms with Crippen LogP contribution in [0.2, 0.25) is 0 Å². The Hall–Kier alpha value is -3.60. The molecule has 2 aromatic carbocycles. The third-order valence-corrected chi connectivity index (χ3v) is 6.33. The molecule has 1 aliphatic rings. The van der Waals surface area contributed by atoms with Crippen LogP contribution in [0.3, 0.4) is 0 Å². The van der Waals surface area contributed by atoms with Crippen LogP contribution in [-0.2, 0) is 21.4 Å². The lowest BCUT2D eigenvalue weighted by atomic mass is 10.0. The minimum atomic E-state index is -4.52. The zero-order valence-electron chi connectivity index (χ0n) is 16.4. The van der Waals surface area contributed by atoms with Gasteiger partial charge in [-0.25, -0.2) is 14.7 Å². The summed E-state index contributed by atoms with van der Waals surface area (Å²) >= 11 is 0. The van der Waals surface area contributed by atoms with E-state index in [2.05, 4.69) is 10.2 Å². The van der Waals surface area contributed by atoms with Gasteiger partial charge in [-0.2, -0.15) is 8.42 Å². The lowest BCUT2D eigenvalue weighted by Gasteiger charge is -2.36. The highest BCUT2D eigenvalue weighted by atomic mass is 32.2. The van der Waals surface area contributed by atoms with E-state index in [0.717, 1.165) is 4.31 Å². The molecule has 2 atom stereocenters. The van der Waals surface area contributed by atoms with Gasteiger partial charge in [0.1, 0.15) is 18.5 Å². The summed E-state index contributed by atoms with van der Waals surface area (Å²) in [6, 6.07) is 15.2. The van der Waals surface area contributed by atoms with E-state index in [1.807, 2.05) is 0 Å². The zero-order chi connectivity index (χ0) is 22.0. The number of carbonyl (C=O) groups is 1. The quantitative estimate of drug-likeness (QED) is 0.592. The first-order valence-electron chi connectivity index (χ1n) is 9.41. The van der Waals surface area contributed by atoms with Crippen molar-refractivity contribution in [2.75, 3.05) is 10.8 Å². The average Bonchev–Trinajstić information content (AvgIpc) is 3.23. The summed E-state index contributed by atoms with van der Waals surface area (Å²) in [4.78, 5) is 23.8. The van der Waals surface area contributed by atoms with Crippen LogP contribution in [0.15, 0.2) is 63.8 Å². The molecule has 0 bridgehead atoms. The van der Waals surface area contributed by atoms with Crippen LogP contribution in [0.25, 0.3) is 0 Å². The fourth-order valence-electron chi connectivity index (χ4n) is 3.19. The van der Waals surface area contributed by atoms with Gasteiger partial charge in [-0.15, -0.1) is 5.10 Å². The molecule has 3 aromatic rings. The number of hydrogen-bond acceptors (Lipinski definition) is 8. The summed E-state index contributed by atoms with van der Waals surface area (Å²) in [5.41, 5.74) is 0.875. The fraction of sp³-hybridized carbons (Fsp3) is 0.250. The Kier molecular flexibility index (Phi) is 5.51. The molecule has 31 heavy (non-hydrogen) atoms. The van der Waals surface area contributed by atoms with Gasteiger partial charge in [0, 0.05) is 0 Å². The number of aromatic nitrogens is 2. The van der Waals surface area contributed by atoms with Crippen molar-refractivity contribution in [3.8, 4) is 5.75 Å². The molecule has 0 spiro atoms. The van der Waals surface area contributed by atoms with Gasteiger partial charge in [0.2, 0.25) is 5.89 Å². The standard InChI is InChI=1S/C20H19N3O7S/c1-13(18-21-22-19(24)30-18)17-11-23(15-9-5-6-10-16(15)29-17)31(26,27)20(25)28-12-14-7-3-2-4-8-14/h2-10,13,17H,11-12H2,1H3,(H,22,24)/t13-,17+/m0/s1. The Bertz CT molecular complexity index is 1240. The van der Waals surface area contributed by atoms with Crippen molar-refractivity contribution >= 4 is 21.0 Å². The third kappa shape index (κ3) is 4.17. The third-order valence-electron chi connectivity index (χ3n) is 4.86. The monoisotopic (exact) mass is 445 g/mol. The maximum absolute atomic E-state index is 13.1. The maximum Gasteiger partial charge on any atom is 0.445 e. The summed E-state index contributed by atoms with van der Waals surface area (Å²) in [6.07, 6.45) is -0.766. The molecule has 0 aliphatic carbocycles. The number of para-hydroxylation sites is 2. The van der Waals surface area contributed by atoms with Crippen molar-refractivity contribution in [3.63, 3.8) is 0 Å². The minimum Gasteiger partial charge on any atom is -0.486 e. The van der Waals surface area contributed by atoms with Crippen LogP contribution < -0.4 is 14.8 Å². The highest BCUT2D eigenvalue weighted by Gasteiger charge is 2.41. The molecule has 2 heterocycles. The largest absolute Gasteiger partial charge is 0.486 e. The van der Waals surface area contributed by atoms with Gasteiger partial charge in [0.15, 0.2) is 0 Å². The predicted molar refractivity (Wildman–Crippen MR) is 109 cm³/mol. The van der Waals surface area contributed by atoms with Gasteiger partial charge >= 0.3 is 21.1 Å². The molecule has 10 nitrogen and oxygen atoms in total. The molecule has 0 saturated heterocycles. The SMILES string of the molecule is C[C@H](c1n[nH]c(=O)o1)[C@H]1CN(S(=O)(=O)C(=O)OCc2ccccc2)c2ccccc2O1. The number of carbonyl (C=O) groups excluding carboxylic acids is 1. The first-order chi connectivity index (χ1) is 14.9. The second kappa shape index (κ2) is 8.26. The molecule has 0 fully saturated rings. The molecule has 1 aliphatic heterocycles. The molecule has 0 amide bonds. The summed E-state index contributed by atoms with van der Waals surface area (Å²) in [6.45, 7) is 1.30. The number of anilines is 1. The van der Waals surface area contributed by atoms with Crippen LogP contribution in [0.5, 0.6) is 5.75 Å². The van der Waals surface area contributed by atoms with Crippen LogP contribution in [0, 0.1) is 0 Å². The van der Waals surface area contributed by atoms with E-state index >= 15 is 0 Å². The Balaban J connectivity index is 1.60. The van der Waals surface area contributed by atoms with Crippen molar-refractivity contribution in [2.24, 2.45) is 0 Å². The van der Waals surface area contributed by atoms with E-state index in [9.17, 15) is 18.0 Å². The second-order valence-electron chi connectivity index (χ2n) is 6.92. The number of nitrogens with one attached hydrogen (secondary N) is 1. The van der Waals surface area contributed by atoms with Crippen LogP contribution in [0.1, 0.15) is 24.3 Å². The number of rotatable bonds is 5. The molecule has 0 unspecified atom stereocenters. The van der Waals surface area contributed by atoms with E-state index < -0.39 is 33.1 Å². The molecule has 1 N–H and O–H groups in total. The van der Waals surface area contributed by atoms with E-state index in [1.54, 1.807) is 55.5 Å². The number of H-pyrrole nitrogens is 1. The van der Waals surface area contributed by atoms with Crippen molar-refractivity contribution in [1.82, 2.24) is 10.2 Å². The topological polar surface area (TPSA) is 132 Å². The highest BCUT2D eigenvalue weighted by Crippen LogP contribution is 2.38. The lowest BCUT2D eigenvalue weighted by molar-refractivity contribution is 0.158. The lowest BCUT2D eigenvalue weighted by Crippen LogP contribution is -2.47. The van der Waals surface area contributed by atoms with Gasteiger partial charge in [-0.1, -0.05) is 42.5 Å². The second-order valence-corrected chi connectivity index (χ2v) is 8.65. The Labute approximate surface area is 177 Å². The molecule has 4 rings (SSSR count). The van der Waals surface area contributed by atoms with Crippen molar-refractivity contribution < 1.29 is 27.1 Å². The van der Waals surface area contributed by atoms with Gasteiger partial charge < -0.3 is 13.9 Å². The average molecular weight is 445 g/mol. The summed E-state index contributed by atoms with van der Waals surface area (Å²) in [5, 5.41) is 4.58. The van der Waals surface area contributed by atoms with E-state index in [4.69, 9.17) is 13.9 Å². The van der Waals surface area contributed by atoms with Crippen molar-refractivity contribution in [1.29, 1.82) is 0 Å². The molecule has 162 valence electrons. The number of fused-ring (bicyclic) bond motifs is 1. The number of benzene rings is 2. The Morgan fingerprint density at radius 3 is 2.65 bits per heavy atom. The van der Waals surface area contributed by atoms with Gasteiger partial charge in [-0.3, -0.25) is 4.31 Å². The van der Waals surface area contributed by atoms with E-state index in [1.165, 1.54) is 6.07 Å². The normalized spacial score (nSPS) is 16.8. The van der Waals surface area contributed by atoms with Crippen molar-refractivity contribution in [2.45, 2.75) is 25.6 Å². The molecule has 11 heteroatoms. The zero-order valence-corrected chi connectivity index (χ0v) is 17.2. The number of ether oxygens (including phenoxy) is 2. The number of nitrogens with zero attached hydrogens (tertiary/aromatic N) is 2. The van der Waals surface area contributed by atoms with Crippen LogP contribution in [-0.4, -0.2) is 36.6 Å². The van der Waals surface area contributed by atoms with Gasteiger partial charge in [0.25, 0.3) is 0 Å². The van der Waals surface area contributed by atoms with Crippen LogP contribution in [0.4, 0.5) is 10.5 Å². The number of sulfonamides is 1. The van der Waals surface area contributed by atoms with Crippen molar-refractivity contribution in [3.05, 3.63) is 76.6 Å². The fourth-order valence-corrected chi connectivity index (χ4v) is 4.33.